The first-order valence-electron chi connectivity index (χ1n) is 8.09. The molecule has 1 rings (SSSR count). The van der Waals surface area contributed by atoms with Crippen molar-refractivity contribution < 1.29 is 23.9 Å². The Morgan fingerprint density at radius 3 is 2.16 bits per heavy atom. The summed E-state index contributed by atoms with van der Waals surface area (Å²) in [6.07, 6.45) is -0.700. The van der Waals surface area contributed by atoms with Gasteiger partial charge in [0, 0.05) is 0 Å². The van der Waals surface area contributed by atoms with Crippen LogP contribution in [-0.2, 0) is 25.7 Å². The van der Waals surface area contributed by atoms with E-state index >= 15 is 0 Å². The largest absolute Gasteiger partial charge is 0.459 e. The van der Waals surface area contributed by atoms with Crippen molar-refractivity contribution in [2.45, 2.75) is 58.9 Å². The van der Waals surface area contributed by atoms with Crippen LogP contribution in [0.25, 0.3) is 0 Å². The Morgan fingerprint density at radius 1 is 1.00 bits per heavy atom. The molecule has 1 aromatic carbocycles. The van der Waals surface area contributed by atoms with Crippen molar-refractivity contribution in [2.24, 2.45) is 0 Å². The zero-order chi connectivity index (χ0) is 19.0. The summed E-state index contributed by atoms with van der Waals surface area (Å²) in [5.41, 5.74) is 0.198. The van der Waals surface area contributed by atoms with Crippen LogP contribution in [0.2, 0.25) is 0 Å². The maximum atomic E-state index is 12.0. The molecule has 0 aliphatic heterocycles. The van der Waals surface area contributed by atoms with Crippen LogP contribution in [0.3, 0.4) is 0 Å². The van der Waals surface area contributed by atoms with Crippen LogP contribution in [0.4, 0.5) is 4.79 Å². The fourth-order valence-electron chi connectivity index (χ4n) is 1.80. The molecular formula is C18H26N2O5. The zero-order valence-electron chi connectivity index (χ0n) is 15.3. The number of carbonyl (C=O) groups excluding carboxylic acids is 3. The predicted molar refractivity (Wildman–Crippen MR) is 92.7 cm³/mol. The Bertz CT molecular complexity index is 595. The van der Waals surface area contributed by atoms with E-state index in [-0.39, 0.29) is 6.61 Å². The normalized spacial score (nSPS) is 13.3. The minimum Gasteiger partial charge on any atom is -0.459 e. The van der Waals surface area contributed by atoms with Gasteiger partial charge in [0.15, 0.2) is 0 Å². The predicted octanol–water partition coefficient (Wildman–Crippen LogP) is 2.15. The SMILES string of the molecule is C[C@H](NC(=O)[C@@H](C)NC(=O)OC(C)(C)C)C(=O)OCc1ccccc1. The standard InChI is InChI=1S/C18H26N2O5/c1-12(20-17(23)25-18(3,4)5)15(21)19-13(2)16(22)24-11-14-9-7-6-8-10-14/h6-10,12-13H,11H2,1-5H3,(H,19,21)(H,20,23)/t12-,13+/m1/s1. The number of rotatable bonds is 6. The minimum absolute atomic E-state index is 0.131. The summed E-state index contributed by atoms with van der Waals surface area (Å²) in [5.74, 6) is -1.06. The Balaban J connectivity index is 2.41. The second kappa shape index (κ2) is 9.05. The Morgan fingerprint density at radius 2 is 1.60 bits per heavy atom. The molecule has 0 saturated carbocycles. The first-order chi connectivity index (χ1) is 11.6. The first kappa shape index (κ1) is 20.5. The maximum Gasteiger partial charge on any atom is 0.408 e. The van der Waals surface area contributed by atoms with Gasteiger partial charge in [0.1, 0.15) is 24.3 Å². The molecule has 0 spiro atoms. The smallest absolute Gasteiger partial charge is 0.408 e. The average molecular weight is 350 g/mol. The molecule has 0 aliphatic rings. The lowest BCUT2D eigenvalue weighted by Crippen LogP contribution is -2.50. The summed E-state index contributed by atoms with van der Waals surface area (Å²) in [5, 5.41) is 4.91. The number of carbonyl (C=O) groups is 3. The fraction of sp³-hybridized carbons (Fsp3) is 0.500. The minimum atomic E-state index is -0.848. The summed E-state index contributed by atoms with van der Waals surface area (Å²) in [4.78, 5) is 35.6. The van der Waals surface area contributed by atoms with Gasteiger partial charge < -0.3 is 20.1 Å². The van der Waals surface area contributed by atoms with Crippen LogP contribution in [-0.4, -0.2) is 35.7 Å². The molecule has 0 unspecified atom stereocenters. The Labute approximate surface area is 148 Å². The molecule has 0 bridgehead atoms. The van der Waals surface area contributed by atoms with Gasteiger partial charge in [-0.05, 0) is 40.2 Å². The molecule has 0 aliphatic carbocycles. The number of hydrogen-bond donors (Lipinski definition) is 2. The quantitative estimate of drug-likeness (QED) is 0.767. The van der Waals surface area contributed by atoms with Crippen LogP contribution in [0.5, 0.6) is 0 Å². The second-order valence-corrected chi connectivity index (χ2v) is 6.69. The third-order valence-corrected chi connectivity index (χ3v) is 3.06. The lowest BCUT2D eigenvalue weighted by atomic mass is 10.2. The zero-order valence-corrected chi connectivity index (χ0v) is 15.3. The molecule has 2 N–H and O–H groups in total. The number of nitrogens with one attached hydrogen (secondary N) is 2. The third-order valence-electron chi connectivity index (χ3n) is 3.06. The molecule has 0 aromatic heterocycles. The summed E-state index contributed by atoms with van der Waals surface area (Å²) in [6.45, 7) is 8.32. The van der Waals surface area contributed by atoms with Crippen LogP contribution in [0.15, 0.2) is 30.3 Å². The van der Waals surface area contributed by atoms with Crippen molar-refractivity contribution in [3.05, 3.63) is 35.9 Å². The number of benzene rings is 1. The highest BCUT2D eigenvalue weighted by molar-refractivity contribution is 5.89. The second-order valence-electron chi connectivity index (χ2n) is 6.69. The Kier molecular flexibility index (Phi) is 7.42. The lowest BCUT2D eigenvalue weighted by Gasteiger charge is -2.22. The number of hydrogen-bond acceptors (Lipinski definition) is 5. The molecule has 7 nitrogen and oxygen atoms in total. The highest BCUT2D eigenvalue weighted by Gasteiger charge is 2.24. The first-order valence-corrected chi connectivity index (χ1v) is 8.09. The molecule has 138 valence electrons. The van der Waals surface area contributed by atoms with E-state index in [1.807, 2.05) is 30.3 Å². The molecule has 25 heavy (non-hydrogen) atoms. The number of alkyl carbamates (subject to hydrolysis) is 1. The van der Waals surface area contributed by atoms with Gasteiger partial charge in [-0.1, -0.05) is 30.3 Å². The van der Waals surface area contributed by atoms with Crippen molar-refractivity contribution in [2.75, 3.05) is 0 Å². The molecule has 7 heteroatoms. The van der Waals surface area contributed by atoms with E-state index in [9.17, 15) is 14.4 Å². The van der Waals surface area contributed by atoms with E-state index in [2.05, 4.69) is 10.6 Å². The van der Waals surface area contributed by atoms with E-state index in [0.717, 1.165) is 5.56 Å². The van der Waals surface area contributed by atoms with Crippen molar-refractivity contribution in [1.82, 2.24) is 10.6 Å². The van der Waals surface area contributed by atoms with Crippen molar-refractivity contribution in [3.63, 3.8) is 0 Å². The highest BCUT2D eigenvalue weighted by Crippen LogP contribution is 2.07. The molecule has 1 aromatic rings. The number of ether oxygens (including phenoxy) is 2. The van der Waals surface area contributed by atoms with Gasteiger partial charge in [-0.3, -0.25) is 4.79 Å². The summed E-state index contributed by atoms with van der Waals surface area (Å²) >= 11 is 0. The van der Waals surface area contributed by atoms with Crippen LogP contribution in [0, 0.1) is 0 Å². The third kappa shape index (κ3) is 8.19. The molecule has 0 radical (unpaired) electrons. The van der Waals surface area contributed by atoms with Crippen LogP contribution >= 0.6 is 0 Å². The van der Waals surface area contributed by atoms with Gasteiger partial charge in [-0.25, -0.2) is 9.59 Å². The lowest BCUT2D eigenvalue weighted by molar-refractivity contribution is -0.148. The van der Waals surface area contributed by atoms with Crippen molar-refractivity contribution in [3.8, 4) is 0 Å². The van der Waals surface area contributed by atoms with E-state index in [4.69, 9.17) is 9.47 Å². The number of amides is 2. The summed E-state index contributed by atoms with van der Waals surface area (Å²) in [6, 6.07) is 7.55. The van der Waals surface area contributed by atoms with E-state index in [0.29, 0.717) is 0 Å². The van der Waals surface area contributed by atoms with Gasteiger partial charge in [-0.2, -0.15) is 0 Å². The average Bonchev–Trinajstić information content (AvgIpc) is 2.51. The molecule has 0 saturated heterocycles. The van der Waals surface area contributed by atoms with E-state index < -0.39 is 35.7 Å². The van der Waals surface area contributed by atoms with Crippen LogP contribution < -0.4 is 10.6 Å². The van der Waals surface area contributed by atoms with Gasteiger partial charge in [0.05, 0.1) is 0 Å². The number of esters is 1. The van der Waals surface area contributed by atoms with Crippen molar-refractivity contribution >= 4 is 18.0 Å². The molecule has 2 atom stereocenters. The van der Waals surface area contributed by atoms with Crippen LogP contribution in [0.1, 0.15) is 40.2 Å². The Hall–Kier alpha value is -2.57. The highest BCUT2D eigenvalue weighted by atomic mass is 16.6. The van der Waals surface area contributed by atoms with Gasteiger partial charge in [-0.15, -0.1) is 0 Å². The topological polar surface area (TPSA) is 93.7 Å². The van der Waals surface area contributed by atoms with Gasteiger partial charge >= 0.3 is 12.1 Å². The summed E-state index contributed by atoms with van der Waals surface area (Å²) < 4.78 is 10.2. The van der Waals surface area contributed by atoms with Gasteiger partial charge in [0.2, 0.25) is 5.91 Å². The summed E-state index contributed by atoms with van der Waals surface area (Å²) in [7, 11) is 0. The molecular weight excluding hydrogens is 324 g/mol. The molecule has 0 fully saturated rings. The van der Waals surface area contributed by atoms with Gasteiger partial charge in [0.25, 0.3) is 0 Å². The molecule has 2 amide bonds. The molecule has 0 heterocycles. The van der Waals surface area contributed by atoms with E-state index in [1.54, 1.807) is 20.8 Å². The fourth-order valence-corrected chi connectivity index (χ4v) is 1.80. The van der Waals surface area contributed by atoms with Crippen molar-refractivity contribution in [1.29, 1.82) is 0 Å². The maximum absolute atomic E-state index is 12.0. The monoisotopic (exact) mass is 350 g/mol. The van der Waals surface area contributed by atoms with E-state index in [1.165, 1.54) is 13.8 Å².